The van der Waals surface area contributed by atoms with E-state index in [0.29, 0.717) is 12.1 Å². The normalized spacial score (nSPS) is 31.8. The first kappa shape index (κ1) is 12.8. The van der Waals surface area contributed by atoms with Crippen LogP contribution in [0.15, 0.2) is 12.2 Å². The Kier molecular flexibility index (Phi) is 4.42. The number of carboxylic acids is 1. The van der Waals surface area contributed by atoms with Crippen LogP contribution in [0.1, 0.15) is 13.3 Å². The largest absolute Gasteiger partial charge is 1.00 e. The van der Waals surface area contributed by atoms with Crippen LogP contribution < -0.4 is 24.0 Å². The molecule has 3 atom stereocenters. The molecule has 2 fully saturated rings. The van der Waals surface area contributed by atoms with Crippen LogP contribution in [0.4, 0.5) is 0 Å². The Morgan fingerprint density at radius 2 is 2.40 bits per heavy atom. The topological polar surface area (TPSA) is 52.6 Å². The van der Waals surface area contributed by atoms with Crippen LogP contribution in [0.5, 0.6) is 0 Å². The summed E-state index contributed by atoms with van der Waals surface area (Å²) in [4.78, 5) is 12.5. The van der Waals surface area contributed by atoms with E-state index >= 15 is 0 Å². The molecule has 2 saturated heterocycles. The number of hydrogen-bond acceptors (Lipinski definition) is 4. The maximum atomic E-state index is 10.2. The van der Waals surface area contributed by atoms with Gasteiger partial charge in [-0.2, -0.15) is 0 Å². The van der Waals surface area contributed by atoms with Crippen molar-refractivity contribution in [2.24, 2.45) is 0 Å². The number of rotatable bonds is 3. The Bertz CT molecular complexity index is 269. The van der Waals surface area contributed by atoms with Crippen LogP contribution in [0, 0.1) is 0 Å². The minimum absolute atomic E-state index is 0. The van der Waals surface area contributed by atoms with Crippen molar-refractivity contribution in [1.29, 1.82) is 0 Å². The quantitative estimate of drug-likeness (QED) is 0.348. The minimum Gasteiger partial charge on any atom is -0.545 e. The van der Waals surface area contributed by atoms with Gasteiger partial charge in [-0.15, -0.1) is 0 Å². The third kappa shape index (κ3) is 2.85. The number of fused-ring (bicyclic) bond motifs is 2. The Balaban J connectivity index is 0.00000112. The summed E-state index contributed by atoms with van der Waals surface area (Å²) in [6.07, 6.45) is 4.23. The zero-order valence-electron chi connectivity index (χ0n) is 9.18. The third-order valence-corrected chi connectivity index (χ3v) is 2.98. The molecular weight excluding hydrogens is 189 g/mol. The van der Waals surface area contributed by atoms with Crippen LogP contribution in [0.25, 0.3) is 0 Å². The number of likely N-dealkylation sites (tertiary alicyclic amines) is 1. The number of carbonyl (C=O) groups excluding carboxylic acids is 1. The SMILES string of the molecule is CC(/C=C/C(=O)[O-])N1CC2CC1CO2.[Li+]. The van der Waals surface area contributed by atoms with E-state index in [2.05, 4.69) is 4.90 Å². The third-order valence-electron chi connectivity index (χ3n) is 2.98. The van der Waals surface area contributed by atoms with Gasteiger partial charge in [0.1, 0.15) is 0 Å². The van der Waals surface area contributed by atoms with E-state index in [1.165, 1.54) is 0 Å². The molecule has 2 rings (SSSR count). The summed E-state index contributed by atoms with van der Waals surface area (Å²) >= 11 is 0. The summed E-state index contributed by atoms with van der Waals surface area (Å²) in [6, 6.07) is 0.633. The van der Waals surface area contributed by atoms with Crippen molar-refractivity contribution in [3.8, 4) is 0 Å². The van der Waals surface area contributed by atoms with Gasteiger partial charge in [0.05, 0.1) is 18.7 Å². The predicted octanol–water partition coefficient (Wildman–Crippen LogP) is -3.84. The van der Waals surface area contributed by atoms with Gasteiger partial charge in [-0.3, -0.25) is 4.90 Å². The van der Waals surface area contributed by atoms with Crippen LogP contribution in [-0.4, -0.2) is 42.2 Å². The van der Waals surface area contributed by atoms with Crippen LogP contribution in [0.2, 0.25) is 0 Å². The number of carbonyl (C=O) groups is 1. The average molecular weight is 203 g/mol. The Morgan fingerprint density at radius 3 is 2.87 bits per heavy atom. The van der Waals surface area contributed by atoms with Gasteiger partial charge in [0.25, 0.3) is 0 Å². The number of morpholine rings is 1. The molecule has 0 aromatic heterocycles. The molecule has 78 valence electrons. The van der Waals surface area contributed by atoms with Gasteiger partial charge in [0.2, 0.25) is 0 Å². The number of carboxylic acid groups (broad SMARTS) is 1. The maximum absolute atomic E-state index is 10.2. The van der Waals surface area contributed by atoms with Crippen molar-refractivity contribution in [3.63, 3.8) is 0 Å². The number of aliphatic carboxylic acids is 1. The summed E-state index contributed by atoms with van der Waals surface area (Å²) in [7, 11) is 0. The zero-order chi connectivity index (χ0) is 10.1. The molecule has 0 radical (unpaired) electrons. The maximum Gasteiger partial charge on any atom is 1.00 e. The molecule has 0 N–H and O–H groups in total. The fraction of sp³-hybridized carbons (Fsp3) is 0.700. The van der Waals surface area contributed by atoms with Crippen molar-refractivity contribution in [1.82, 2.24) is 4.90 Å². The van der Waals surface area contributed by atoms with Crippen molar-refractivity contribution < 1.29 is 33.5 Å². The predicted molar refractivity (Wildman–Crippen MR) is 48.5 cm³/mol. The van der Waals surface area contributed by atoms with E-state index in [0.717, 1.165) is 25.6 Å². The summed E-state index contributed by atoms with van der Waals surface area (Å²) in [5.41, 5.74) is 0. The average Bonchev–Trinajstić information content (AvgIpc) is 2.74. The van der Waals surface area contributed by atoms with Crippen LogP contribution in [-0.2, 0) is 9.53 Å². The first-order chi connectivity index (χ1) is 6.66. The molecule has 2 heterocycles. The smallest absolute Gasteiger partial charge is 0.545 e. The second-order valence-corrected chi connectivity index (χ2v) is 3.96. The van der Waals surface area contributed by atoms with Crippen LogP contribution in [0.3, 0.4) is 0 Å². The molecule has 0 aromatic carbocycles. The molecule has 5 heteroatoms. The molecule has 0 amide bonds. The van der Waals surface area contributed by atoms with Gasteiger partial charge in [0.15, 0.2) is 0 Å². The minimum atomic E-state index is -1.13. The van der Waals surface area contributed by atoms with Crippen LogP contribution >= 0.6 is 0 Å². The van der Waals surface area contributed by atoms with Gasteiger partial charge in [-0.1, -0.05) is 6.08 Å². The molecule has 3 unspecified atom stereocenters. The molecule has 2 aliphatic rings. The molecule has 0 aromatic rings. The van der Waals surface area contributed by atoms with Crippen molar-refractivity contribution in [3.05, 3.63) is 12.2 Å². The van der Waals surface area contributed by atoms with Gasteiger partial charge < -0.3 is 14.6 Å². The molecule has 2 aliphatic heterocycles. The Labute approximate surface area is 101 Å². The summed E-state index contributed by atoms with van der Waals surface area (Å²) < 4.78 is 5.46. The van der Waals surface area contributed by atoms with E-state index in [4.69, 9.17) is 4.74 Å². The molecule has 0 aliphatic carbocycles. The van der Waals surface area contributed by atoms with Crippen molar-refractivity contribution in [2.45, 2.75) is 31.5 Å². The number of hydrogen-bond donors (Lipinski definition) is 0. The molecule has 2 bridgehead atoms. The summed E-state index contributed by atoms with van der Waals surface area (Å²) in [5.74, 6) is -1.13. The first-order valence-electron chi connectivity index (χ1n) is 4.93. The fourth-order valence-electron chi connectivity index (χ4n) is 2.26. The van der Waals surface area contributed by atoms with Gasteiger partial charge in [0, 0.05) is 18.6 Å². The Hall–Kier alpha value is -0.273. The summed E-state index contributed by atoms with van der Waals surface area (Å²) in [5, 5.41) is 10.2. The monoisotopic (exact) mass is 203 g/mol. The van der Waals surface area contributed by atoms with Crippen molar-refractivity contribution in [2.75, 3.05) is 13.2 Å². The van der Waals surface area contributed by atoms with Gasteiger partial charge in [-0.05, 0) is 19.4 Å². The standard InChI is InChI=1S/C10H15NO3.Li/c1-7(2-3-10(12)13)11-5-9-4-8(11)6-14-9;/h2-3,7-9H,4-6H2,1H3,(H,12,13);/q;+1/p-1/b3-2+;. The van der Waals surface area contributed by atoms with E-state index in [-0.39, 0.29) is 24.9 Å². The zero-order valence-corrected chi connectivity index (χ0v) is 9.18. The second kappa shape index (κ2) is 5.18. The van der Waals surface area contributed by atoms with Crippen molar-refractivity contribution >= 4 is 5.97 Å². The number of ether oxygens (including phenoxy) is 1. The molecule has 15 heavy (non-hydrogen) atoms. The molecule has 4 nitrogen and oxygen atoms in total. The molecular formula is C10H14LiNO3. The number of nitrogens with zero attached hydrogens (tertiary/aromatic N) is 1. The Morgan fingerprint density at radius 1 is 1.67 bits per heavy atom. The van der Waals surface area contributed by atoms with E-state index in [9.17, 15) is 9.90 Å². The van der Waals surface area contributed by atoms with E-state index < -0.39 is 5.97 Å². The second-order valence-electron chi connectivity index (χ2n) is 3.96. The first-order valence-corrected chi connectivity index (χ1v) is 4.93. The van der Waals surface area contributed by atoms with Gasteiger partial charge >= 0.3 is 18.9 Å². The summed E-state index contributed by atoms with van der Waals surface area (Å²) in [6.45, 7) is 3.71. The van der Waals surface area contributed by atoms with E-state index in [1.807, 2.05) is 6.92 Å². The van der Waals surface area contributed by atoms with E-state index in [1.54, 1.807) is 6.08 Å². The van der Waals surface area contributed by atoms with Gasteiger partial charge in [-0.25, -0.2) is 0 Å². The molecule has 0 saturated carbocycles. The fourth-order valence-corrected chi connectivity index (χ4v) is 2.26. The molecule has 0 spiro atoms.